The number of aliphatic carboxylic acids is 1. The van der Waals surface area contributed by atoms with Gasteiger partial charge in [0.05, 0.1) is 25.8 Å². The minimum Gasteiger partial charge on any atom is -0.481 e. The molecule has 1 fully saturated rings. The Bertz CT molecular complexity index is 518. The number of carbonyl (C=O) groups is 2. The fourth-order valence-corrected chi connectivity index (χ4v) is 2.34. The molecule has 9 nitrogen and oxygen atoms in total. The lowest BCUT2D eigenvalue weighted by molar-refractivity contribution is -0.142. The maximum Gasteiger partial charge on any atom is 0.318 e. The van der Waals surface area contributed by atoms with Gasteiger partial charge in [-0.05, 0) is 6.92 Å². The van der Waals surface area contributed by atoms with Crippen molar-refractivity contribution in [3.05, 3.63) is 12.2 Å². The molecule has 0 bridgehead atoms. The van der Waals surface area contributed by atoms with Gasteiger partial charge in [0.2, 0.25) is 0 Å². The van der Waals surface area contributed by atoms with E-state index in [4.69, 9.17) is 9.84 Å². The number of urea groups is 1. The molecule has 0 radical (unpaired) electrons. The first kappa shape index (κ1) is 15.2. The van der Waals surface area contributed by atoms with Crippen molar-refractivity contribution in [2.24, 2.45) is 13.0 Å². The van der Waals surface area contributed by atoms with Gasteiger partial charge in [0, 0.05) is 13.6 Å². The fourth-order valence-electron chi connectivity index (χ4n) is 2.34. The molecule has 1 aliphatic heterocycles. The number of rotatable bonds is 5. The number of nitrogens with one attached hydrogen (secondary N) is 1. The predicted molar refractivity (Wildman–Crippen MR) is 71.4 cm³/mol. The topological polar surface area (TPSA) is 110 Å². The highest BCUT2D eigenvalue weighted by Gasteiger charge is 2.39. The summed E-state index contributed by atoms with van der Waals surface area (Å²) in [6, 6.07) is -0.795. The van der Waals surface area contributed by atoms with E-state index in [2.05, 4.69) is 15.4 Å². The number of aryl methyl sites for hydroxylation is 1. The van der Waals surface area contributed by atoms with Crippen LogP contribution in [0.1, 0.15) is 12.7 Å². The zero-order chi connectivity index (χ0) is 15.4. The van der Waals surface area contributed by atoms with Crippen LogP contribution in [-0.2, 0) is 23.1 Å². The highest BCUT2D eigenvalue weighted by molar-refractivity contribution is 5.77. The maximum absolute atomic E-state index is 12.2. The SMILES string of the molecule is CCN(C(=O)NCc1ncn(C)n1)C1COCC1C(=O)O. The van der Waals surface area contributed by atoms with E-state index in [0.29, 0.717) is 12.4 Å². The van der Waals surface area contributed by atoms with E-state index in [1.165, 1.54) is 4.90 Å². The van der Waals surface area contributed by atoms with Crippen LogP contribution in [0.4, 0.5) is 4.79 Å². The average molecular weight is 297 g/mol. The zero-order valence-corrected chi connectivity index (χ0v) is 12.0. The van der Waals surface area contributed by atoms with E-state index in [1.807, 2.05) is 0 Å². The summed E-state index contributed by atoms with van der Waals surface area (Å²) in [5.41, 5.74) is 0. The van der Waals surface area contributed by atoms with Gasteiger partial charge in [0.25, 0.3) is 0 Å². The Kier molecular flexibility index (Phi) is 4.73. The summed E-state index contributed by atoms with van der Waals surface area (Å²) >= 11 is 0. The third-order valence-electron chi connectivity index (χ3n) is 3.41. The number of nitrogens with zero attached hydrogens (tertiary/aromatic N) is 4. The quantitative estimate of drug-likeness (QED) is 0.754. The van der Waals surface area contributed by atoms with Crippen LogP contribution >= 0.6 is 0 Å². The Balaban J connectivity index is 1.96. The molecule has 2 unspecified atom stereocenters. The molecular formula is C12H19N5O4. The number of carboxylic acid groups (broad SMARTS) is 1. The van der Waals surface area contributed by atoms with Gasteiger partial charge < -0.3 is 20.1 Å². The molecule has 21 heavy (non-hydrogen) atoms. The standard InChI is InChI=1S/C12H19N5O4/c1-3-17(9-6-21-5-8(9)11(18)19)12(20)13-4-10-14-7-16(2)15-10/h7-9H,3-6H2,1-2H3,(H,13,20)(H,18,19). The van der Waals surface area contributed by atoms with Crippen LogP contribution in [0.15, 0.2) is 6.33 Å². The number of carboxylic acids is 1. The predicted octanol–water partition coefficient (Wildman–Crippen LogP) is -0.554. The van der Waals surface area contributed by atoms with Crippen molar-refractivity contribution in [2.45, 2.75) is 19.5 Å². The summed E-state index contributed by atoms with van der Waals surface area (Å²) in [5, 5.41) is 15.9. The minimum atomic E-state index is -0.949. The Morgan fingerprint density at radius 2 is 2.33 bits per heavy atom. The van der Waals surface area contributed by atoms with Crippen molar-refractivity contribution in [3.63, 3.8) is 0 Å². The monoisotopic (exact) mass is 297 g/mol. The van der Waals surface area contributed by atoms with Crippen molar-refractivity contribution in [2.75, 3.05) is 19.8 Å². The first-order chi connectivity index (χ1) is 10.0. The zero-order valence-electron chi connectivity index (χ0n) is 12.0. The molecule has 1 saturated heterocycles. The van der Waals surface area contributed by atoms with Crippen molar-refractivity contribution < 1.29 is 19.4 Å². The Morgan fingerprint density at radius 1 is 1.57 bits per heavy atom. The lowest BCUT2D eigenvalue weighted by atomic mass is 10.0. The van der Waals surface area contributed by atoms with Crippen LogP contribution in [0.5, 0.6) is 0 Å². The van der Waals surface area contributed by atoms with E-state index >= 15 is 0 Å². The van der Waals surface area contributed by atoms with E-state index in [9.17, 15) is 9.59 Å². The third-order valence-corrected chi connectivity index (χ3v) is 3.41. The number of likely N-dealkylation sites (N-methyl/N-ethyl adjacent to an activating group) is 1. The molecule has 2 rings (SSSR count). The summed E-state index contributed by atoms with van der Waals surface area (Å²) < 4.78 is 6.75. The van der Waals surface area contributed by atoms with Crippen molar-refractivity contribution in [1.82, 2.24) is 25.0 Å². The van der Waals surface area contributed by atoms with Crippen molar-refractivity contribution in [3.8, 4) is 0 Å². The Hall–Kier alpha value is -2.16. The van der Waals surface area contributed by atoms with Crippen LogP contribution in [0, 0.1) is 5.92 Å². The summed E-state index contributed by atoms with van der Waals surface area (Å²) in [4.78, 5) is 28.9. The van der Waals surface area contributed by atoms with Crippen molar-refractivity contribution >= 4 is 12.0 Å². The van der Waals surface area contributed by atoms with Crippen LogP contribution in [0.3, 0.4) is 0 Å². The number of hydrogen-bond acceptors (Lipinski definition) is 5. The van der Waals surface area contributed by atoms with Gasteiger partial charge in [-0.2, -0.15) is 5.10 Å². The lowest BCUT2D eigenvalue weighted by Gasteiger charge is -2.29. The molecule has 2 N–H and O–H groups in total. The first-order valence-corrected chi connectivity index (χ1v) is 6.72. The van der Waals surface area contributed by atoms with Crippen LogP contribution < -0.4 is 5.32 Å². The molecule has 0 saturated carbocycles. The molecule has 1 aromatic heterocycles. The number of carbonyl (C=O) groups excluding carboxylic acids is 1. The second kappa shape index (κ2) is 6.53. The summed E-state index contributed by atoms with van der Waals surface area (Å²) in [6.45, 7) is 2.77. The number of hydrogen-bond donors (Lipinski definition) is 2. The molecule has 0 aromatic carbocycles. The van der Waals surface area contributed by atoms with Crippen LogP contribution in [0.2, 0.25) is 0 Å². The normalized spacial score (nSPS) is 21.2. The number of aromatic nitrogens is 3. The fraction of sp³-hybridized carbons (Fsp3) is 0.667. The van der Waals surface area contributed by atoms with E-state index in [0.717, 1.165) is 0 Å². The number of ether oxygens (including phenoxy) is 1. The van der Waals surface area contributed by atoms with E-state index in [1.54, 1.807) is 25.0 Å². The van der Waals surface area contributed by atoms with Gasteiger partial charge in [0.15, 0.2) is 5.82 Å². The maximum atomic E-state index is 12.2. The molecular weight excluding hydrogens is 278 g/mol. The van der Waals surface area contributed by atoms with E-state index in [-0.39, 0.29) is 25.8 Å². The van der Waals surface area contributed by atoms with Crippen LogP contribution in [0.25, 0.3) is 0 Å². The Morgan fingerprint density at radius 3 is 2.90 bits per heavy atom. The van der Waals surface area contributed by atoms with Gasteiger partial charge in [-0.1, -0.05) is 0 Å². The highest BCUT2D eigenvalue weighted by Crippen LogP contribution is 2.20. The van der Waals surface area contributed by atoms with Gasteiger partial charge >= 0.3 is 12.0 Å². The second-order valence-electron chi connectivity index (χ2n) is 4.83. The largest absolute Gasteiger partial charge is 0.481 e. The highest BCUT2D eigenvalue weighted by atomic mass is 16.5. The average Bonchev–Trinajstić information content (AvgIpc) is 3.06. The molecule has 2 atom stereocenters. The minimum absolute atomic E-state index is 0.131. The van der Waals surface area contributed by atoms with Gasteiger partial charge in [-0.25, -0.2) is 9.78 Å². The molecule has 1 aliphatic rings. The second-order valence-corrected chi connectivity index (χ2v) is 4.83. The molecule has 2 heterocycles. The smallest absolute Gasteiger partial charge is 0.318 e. The van der Waals surface area contributed by atoms with Gasteiger partial charge in [0.1, 0.15) is 12.2 Å². The lowest BCUT2D eigenvalue weighted by Crippen LogP contribution is -2.50. The molecule has 1 aromatic rings. The number of amides is 2. The molecule has 0 spiro atoms. The van der Waals surface area contributed by atoms with Crippen molar-refractivity contribution in [1.29, 1.82) is 0 Å². The van der Waals surface area contributed by atoms with Gasteiger partial charge in [-0.15, -0.1) is 0 Å². The van der Waals surface area contributed by atoms with Gasteiger partial charge in [-0.3, -0.25) is 9.48 Å². The molecule has 116 valence electrons. The third kappa shape index (κ3) is 3.48. The van der Waals surface area contributed by atoms with E-state index < -0.39 is 17.9 Å². The summed E-state index contributed by atoms with van der Waals surface area (Å²) in [6.07, 6.45) is 1.55. The Labute approximate surface area is 121 Å². The summed E-state index contributed by atoms with van der Waals surface area (Å²) in [5.74, 6) is -1.14. The molecule has 2 amide bonds. The molecule has 9 heteroatoms. The first-order valence-electron chi connectivity index (χ1n) is 6.72. The molecule has 0 aliphatic carbocycles. The summed E-state index contributed by atoms with van der Waals surface area (Å²) in [7, 11) is 1.74. The van der Waals surface area contributed by atoms with Crippen LogP contribution in [-0.4, -0.2) is 62.6 Å².